The van der Waals surface area contributed by atoms with Gasteiger partial charge in [0.25, 0.3) is 0 Å². The first-order valence-corrected chi connectivity index (χ1v) is 11.6. The van der Waals surface area contributed by atoms with E-state index in [1.54, 1.807) is 13.1 Å². The molecule has 0 bridgehead atoms. The summed E-state index contributed by atoms with van der Waals surface area (Å²) in [6.45, 7) is 5.90. The van der Waals surface area contributed by atoms with Crippen molar-refractivity contribution in [1.82, 2.24) is 4.90 Å². The number of hydrogen-bond donors (Lipinski definition) is 1. The van der Waals surface area contributed by atoms with Gasteiger partial charge in [-0.2, -0.15) is 5.26 Å². The quantitative estimate of drug-likeness (QED) is 0.591. The lowest BCUT2D eigenvalue weighted by molar-refractivity contribution is -0.130. The number of thiophene rings is 1. The van der Waals surface area contributed by atoms with E-state index in [1.807, 2.05) is 74.7 Å². The summed E-state index contributed by atoms with van der Waals surface area (Å²) in [4.78, 5) is 20.6. The lowest BCUT2D eigenvalue weighted by Gasteiger charge is -2.40. The largest absolute Gasteiger partial charge is 0.491 e. The van der Waals surface area contributed by atoms with Crippen LogP contribution in [0.25, 0.3) is 11.1 Å². The van der Waals surface area contributed by atoms with E-state index < -0.39 is 11.5 Å². The topological polar surface area (TPSA) is 91.7 Å². The molecule has 0 fully saturated rings. The van der Waals surface area contributed by atoms with Gasteiger partial charge in [-0.05, 0) is 73.2 Å². The maximum absolute atomic E-state index is 13.5. The van der Waals surface area contributed by atoms with Crippen LogP contribution in [0, 0.1) is 11.3 Å². The lowest BCUT2D eigenvalue weighted by Crippen LogP contribution is -2.52. The summed E-state index contributed by atoms with van der Waals surface area (Å²) < 4.78 is 5.77. The second-order valence-corrected chi connectivity index (χ2v) is 9.49. The normalized spacial score (nSPS) is 20.5. The number of rotatable bonds is 5. The van der Waals surface area contributed by atoms with Crippen molar-refractivity contribution in [1.29, 1.82) is 5.26 Å². The van der Waals surface area contributed by atoms with Crippen LogP contribution in [-0.2, 0) is 10.3 Å². The highest BCUT2D eigenvalue weighted by atomic mass is 32.1. The molecule has 2 heterocycles. The van der Waals surface area contributed by atoms with Gasteiger partial charge in [0, 0.05) is 11.9 Å². The van der Waals surface area contributed by atoms with Crippen molar-refractivity contribution in [2.45, 2.75) is 38.3 Å². The number of guanidine groups is 1. The molecule has 7 heteroatoms. The highest BCUT2D eigenvalue weighted by Gasteiger charge is 2.48. The van der Waals surface area contributed by atoms with E-state index in [0.717, 1.165) is 27.3 Å². The van der Waals surface area contributed by atoms with E-state index in [9.17, 15) is 10.1 Å². The summed E-state index contributed by atoms with van der Waals surface area (Å²) in [5.74, 6) is 0.301. The zero-order valence-corrected chi connectivity index (χ0v) is 19.9. The molecule has 1 aliphatic heterocycles. The molecular weight excluding hydrogens is 432 g/mol. The summed E-state index contributed by atoms with van der Waals surface area (Å²) >= 11 is 1.54. The third kappa shape index (κ3) is 4.22. The number of likely N-dealkylation sites (N-methyl/N-ethyl adjacent to an activating group) is 1. The molecule has 168 valence electrons. The molecule has 2 aromatic carbocycles. The molecule has 1 aromatic heterocycles. The van der Waals surface area contributed by atoms with Crippen molar-refractivity contribution in [3.8, 4) is 22.9 Å². The molecule has 33 heavy (non-hydrogen) atoms. The predicted octanol–water partition coefficient (Wildman–Crippen LogP) is 4.86. The van der Waals surface area contributed by atoms with Crippen LogP contribution in [0.4, 0.5) is 0 Å². The Balaban J connectivity index is 1.78. The number of ether oxygens (including phenoxy) is 1. The van der Waals surface area contributed by atoms with E-state index in [1.165, 1.54) is 16.2 Å². The summed E-state index contributed by atoms with van der Waals surface area (Å²) in [6.07, 6.45) is 0.0667. The Kier molecular flexibility index (Phi) is 5.96. The number of nitriles is 1. The first-order valence-electron chi connectivity index (χ1n) is 10.7. The highest BCUT2D eigenvalue weighted by molar-refractivity contribution is 7.10. The van der Waals surface area contributed by atoms with Crippen molar-refractivity contribution in [2.75, 3.05) is 7.05 Å². The summed E-state index contributed by atoms with van der Waals surface area (Å²) in [6, 6.07) is 19.3. The molecule has 3 aromatic rings. The SMILES string of the molecule is CC(C)Oc1ccc([C@H]2C(=O)N(C)C(N)=N[C@]2(C)c2cc(-c3cccc(C#N)c3)cs2)cc1. The van der Waals surface area contributed by atoms with Gasteiger partial charge in [-0.3, -0.25) is 9.69 Å². The molecule has 1 aliphatic rings. The average molecular weight is 459 g/mol. The number of carbonyl (C=O) groups is 1. The molecule has 0 aliphatic carbocycles. The highest BCUT2D eigenvalue weighted by Crippen LogP contribution is 2.47. The van der Waals surface area contributed by atoms with E-state index in [0.29, 0.717) is 5.56 Å². The monoisotopic (exact) mass is 458 g/mol. The second-order valence-electron chi connectivity index (χ2n) is 8.58. The Labute approximate surface area is 197 Å². The van der Waals surface area contributed by atoms with E-state index in [-0.39, 0.29) is 18.0 Å². The predicted molar refractivity (Wildman–Crippen MR) is 131 cm³/mol. The van der Waals surface area contributed by atoms with Crippen LogP contribution in [0.15, 0.2) is 65.0 Å². The Hall–Kier alpha value is -3.63. The molecule has 0 spiro atoms. The van der Waals surface area contributed by atoms with Gasteiger partial charge in [0.1, 0.15) is 11.3 Å². The van der Waals surface area contributed by atoms with E-state index in [4.69, 9.17) is 15.5 Å². The molecule has 0 unspecified atom stereocenters. The molecule has 0 saturated carbocycles. The van der Waals surface area contributed by atoms with E-state index >= 15 is 0 Å². The van der Waals surface area contributed by atoms with Crippen LogP contribution in [0.2, 0.25) is 0 Å². The van der Waals surface area contributed by atoms with Crippen molar-refractivity contribution in [2.24, 2.45) is 10.7 Å². The van der Waals surface area contributed by atoms with Gasteiger partial charge in [-0.1, -0.05) is 24.3 Å². The first kappa shape index (κ1) is 22.6. The number of amides is 1. The Morgan fingerprint density at radius 1 is 1.18 bits per heavy atom. The molecule has 0 saturated heterocycles. The second kappa shape index (κ2) is 8.72. The minimum Gasteiger partial charge on any atom is -0.491 e. The standard InChI is InChI=1S/C26H26N4O2S/c1-16(2)32-21-10-8-18(9-11-21)23-24(31)30(4)25(28)29-26(23,3)22-13-20(15-33-22)19-7-5-6-17(12-19)14-27/h5-13,15-16,23H,1-4H3,(H2,28,29)/t23-,26+/m0/s1. The van der Waals surface area contributed by atoms with Crippen LogP contribution in [0.1, 0.15) is 42.7 Å². The molecule has 1 amide bonds. The zero-order chi connectivity index (χ0) is 23.8. The fraction of sp³-hybridized carbons (Fsp3) is 0.269. The summed E-state index contributed by atoms with van der Waals surface area (Å²) in [5, 5.41) is 11.3. The number of carbonyl (C=O) groups excluding carboxylic acids is 1. The molecule has 4 rings (SSSR count). The minimum absolute atomic E-state index is 0.0667. The maximum Gasteiger partial charge on any atom is 0.239 e. The van der Waals surface area contributed by atoms with Crippen LogP contribution in [0.5, 0.6) is 5.75 Å². The summed E-state index contributed by atoms with van der Waals surface area (Å²) in [7, 11) is 1.65. The Bertz CT molecular complexity index is 1260. The van der Waals surface area contributed by atoms with Gasteiger partial charge in [0.15, 0.2) is 5.96 Å². The number of aliphatic imine (C=N–C) groups is 1. The fourth-order valence-corrected chi connectivity index (χ4v) is 5.18. The number of hydrogen-bond acceptors (Lipinski definition) is 6. The Morgan fingerprint density at radius 3 is 2.58 bits per heavy atom. The van der Waals surface area contributed by atoms with Crippen LogP contribution in [0.3, 0.4) is 0 Å². The summed E-state index contributed by atoms with van der Waals surface area (Å²) in [5.41, 5.74) is 8.67. The van der Waals surface area contributed by atoms with Crippen molar-refractivity contribution < 1.29 is 9.53 Å². The zero-order valence-electron chi connectivity index (χ0n) is 19.1. The van der Waals surface area contributed by atoms with Crippen molar-refractivity contribution in [3.05, 3.63) is 76.0 Å². The maximum atomic E-state index is 13.5. The smallest absolute Gasteiger partial charge is 0.239 e. The average Bonchev–Trinajstić information content (AvgIpc) is 3.30. The lowest BCUT2D eigenvalue weighted by atomic mass is 9.77. The van der Waals surface area contributed by atoms with Crippen LogP contribution < -0.4 is 10.5 Å². The van der Waals surface area contributed by atoms with E-state index in [2.05, 4.69) is 6.07 Å². The Morgan fingerprint density at radius 2 is 1.91 bits per heavy atom. The van der Waals surface area contributed by atoms with Gasteiger partial charge < -0.3 is 10.5 Å². The molecule has 2 atom stereocenters. The number of nitrogens with two attached hydrogens (primary N) is 1. The molecule has 2 N–H and O–H groups in total. The van der Waals surface area contributed by atoms with Crippen molar-refractivity contribution in [3.63, 3.8) is 0 Å². The molecule has 6 nitrogen and oxygen atoms in total. The van der Waals surface area contributed by atoms with Gasteiger partial charge in [-0.15, -0.1) is 11.3 Å². The van der Waals surface area contributed by atoms with Crippen LogP contribution in [-0.4, -0.2) is 29.9 Å². The van der Waals surface area contributed by atoms with Gasteiger partial charge in [0.2, 0.25) is 5.91 Å². The van der Waals surface area contributed by atoms with Crippen LogP contribution >= 0.6 is 11.3 Å². The number of nitrogens with zero attached hydrogens (tertiary/aromatic N) is 3. The minimum atomic E-state index is -0.871. The van der Waals surface area contributed by atoms with Gasteiger partial charge in [-0.25, -0.2) is 4.99 Å². The molecule has 0 radical (unpaired) electrons. The van der Waals surface area contributed by atoms with Crippen molar-refractivity contribution >= 4 is 23.2 Å². The van der Waals surface area contributed by atoms with Gasteiger partial charge >= 0.3 is 0 Å². The molecular formula is C26H26N4O2S. The number of benzene rings is 2. The first-order chi connectivity index (χ1) is 15.7. The fourth-order valence-electron chi connectivity index (χ4n) is 4.12. The van der Waals surface area contributed by atoms with Gasteiger partial charge in [0.05, 0.1) is 23.7 Å². The third-order valence-corrected chi connectivity index (χ3v) is 7.00. The third-order valence-electron chi connectivity index (χ3n) is 5.84.